The number of carbonyl (C=O) groups excluding carboxylic acids is 1. The van der Waals surface area contributed by atoms with Crippen molar-refractivity contribution in [1.82, 2.24) is 10.2 Å². The van der Waals surface area contributed by atoms with Gasteiger partial charge >= 0.3 is 0 Å². The molecule has 0 spiro atoms. The molecule has 6 nitrogen and oxygen atoms in total. The lowest BCUT2D eigenvalue weighted by molar-refractivity contribution is 0.0919. The summed E-state index contributed by atoms with van der Waals surface area (Å²) in [5.41, 5.74) is 1.20. The number of benzene rings is 2. The molecule has 1 amide bonds. The predicted molar refractivity (Wildman–Crippen MR) is 117 cm³/mol. The van der Waals surface area contributed by atoms with Gasteiger partial charge in [-0.1, -0.05) is 12.1 Å². The van der Waals surface area contributed by atoms with Crippen molar-refractivity contribution in [2.75, 3.05) is 44.7 Å². The van der Waals surface area contributed by atoms with Gasteiger partial charge in [-0.05, 0) is 48.5 Å². The largest absolute Gasteiger partial charge is 0.497 e. The molecule has 0 radical (unpaired) electrons. The van der Waals surface area contributed by atoms with Gasteiger partial charge in [0.25, 0.3) is 5.91 Å². The van der Waals surface area contributed by atoms with E-state index in [4.69, 9.17) is 9.15 Å². The molecule has 1 N–H and O–H groups in total. The third kappa shape index (κ3) is 4.88. The Hall–Kier alpha value is -3.32. The van der Waals surface area contributed by atoms with Gasteiger partial charge in [0, 0.05) is 38.4 Å². The van der Waals surface area contributed by atoms with Crippen molar-refractivity contribution in [3.8, 4) is 5.75 Å². The molecule has 1 aliphatic heterocycles. The smallest absolute Gasteiger partial charge is 0.254 e. The fourth-order valence-electron chi connectivity index (χ4n) is 3.91. The highest BCUT2D eigenvalue weighted by Crippen LogP contribution is 2.25. The van der Waals surface area contributed by atoms with E-state index in [0.717, 1.165) is 43.4 Å². The number of hydrogen-bond acceptors (Lipinski definition) is 5. The van der Waals surface area contributed by atoms with E-state index in [-0.39, 0.29) is 11.6 Å². The fourth-order valence-corrected chi connectivity index (χ4v) is 3.91. The van der Waals surface area contributed by atoms with Gasteiger partial charge in [-0.2, -0.15) is 0 Å². The van der Waals surface area contributed by atoms with E-state index in [1.807, 2.05) is 24.3 Å². The standard InChI is InChI=1S/C24H26FN3O3/c1-30-19-10-8-18(9-11-19)27-12-14-28(15-13-27)22(23-7-4-16-31-23)17-26-24(29)20-5-2-3-6-21(20)25/h2-11,16,22H,12-15,17H2,1H3,(H,26,29). The Balaban J connectivity index is 1.40. The van der Waals surface area contributed by atoms with Crippen LogP contribution in [0.1, 0.15) is 22.2 Å². The zero-order valence-electron chi connectivity index (χ0n) is 17.5. The zero-order chi connectivity index (χ0) is 21.6. The van der Waals surface area contributed by atoms with Crippen LogP contribution in [0.15, 0.2) is 71.3 Å². The highest BCUT2D eigenvalue weighted by atomic mass is 19.1. The van der Waals surface area contributed by atoms with E-state index in [1.54, 1.807) is 25.5 Å². The molecule has 0 saturated carbocycles. The van der Waals surface area contributed by atoms with Crippen LogP contribution in [-0.2, 0) is 0 Å². The summed E-state index contributed by atoms with van der Waals surface area (Å²) in [5, 5.41) is 2.87. The maximum absolute atomic E-state index is 13.9. The summed E-state index contributed by atoms with van der Waals surface area (Å²) in [6.45, 7) is 3.67. The van der Waals surface area contributed by atoms with Crippen LogP contribution < -0.4 is 15.0 Å². The topological polar surface area (TPSA) is 58.0 Å². The lowest BCUT2D eigenvalue weighted by atomic mass is 10.1. The molecule has 4 rings (SSSR count). The first-order valence-corrected chi connectivity index (χ1v) is 10.3. The van der Waals surface area contributed by atoms with Crippen LogP contribution in [0.4, 0.5) is 10.1 Å². The fraction of sp³-hybridized carbons (Fsp3) is 0.292. The molecule has 0 aliphatic carbocycles. The molecule has 1 fully saturated rings. The zero-order valence-corrected chi connectivity index (χ0v) is 17.5. The number of nitrogens with one attached hydrogen (secondary N) is 1. The molecular weight excluding hydrogens is 397 g/mol. The number of furan rings is 1. The lowest BCUT2D eigenvalue weighted by Gasteiger charge is -2.39. The van der Waals surface area contributed by atoms with Crippen LogP contribution in [0.25, 0.3) is 0 Å². The Morgan fingerprint density at radius 1 is 1.06 bits per heavy atom. The molecule has 1 aliphatic rings. The van der Waals surface area contributed by atoms with Gasteiger partial charge in [0.15, 0.2) is 0 Å². The number of hydrogen-bond donors (Lipinski definition) is 1. The van der Waals surface area contributed by atoms with Crippen molar-refractivity contribution in [1.29, 1.82) is 0 Å². The SMILES string of the molecule is COc1ccc(N2CCN(C(CNC(=O)c3ccccc3F)c3ccco3)CC2)cc1. The van der Waals surface area contributed by atoms with Crippen molar-refractivity contribution >= 4 is 11.6 Å². The van der Waals surface area contributed by atoms with E-state index in [2.05, 4.69) is 27.2 Å². The monoisotopic (exact) mass is 423 g/mol. The molecule has 1 atom stereocenters. The molecule has 1 saturated heterocycles. The molecule has 1 unspecified atom stereocenters. The van der Waals surface area contributed by atoms with Crippen LogP contribution >= 0.6 is 0 Å². The van der Waals surface area contributed by atoms with Gasteiger partial charge in [0.2, 0.25) is 0 Å². The Bertz CT molecular complexity index is 984. The maximum atomic E-state index is 13.9. The molecule has 2 heterocycles. The third-order valence-electron chi connectivity index (χ3n) is 5.64. The molecule has 0 bridgehead atoms. The number of anilines is 1. The first-order valence-electron chi connectivity index (χ1n) is 10.3. The Labute approximate surface area is 181 Å². The first-order chi connectivity index (χ1) is 15.2. The average Bonchev–Trinajstić information content (AvgIpc) is 3.34. The number of carbonyl (C=O) groups is 1. The van der Waals surface area contributed by atoms with Crippen LogP contribution in [0, 0.1) is 5.82 Å². The molecule has 3 aromatic rings. The summed E-state index contributed by atoms with van der Waals surface area (Å²) in [4.78, 5) is 17.1. The normalized spacial score (nSPS) is 15.5. The summed E-state index contributed by atoms with van der Waals surface area (Å²) in [6.07, 6.45) is 1.63. The molecule has 31 heavy (non-hydrogen) atoms. The van der Waals surface area contributed by atoms with E-state index < -0.39 is 11.7 Å². The van der Waals surface area contributed by atoms with Crippen molar-refractivity contribution in [2.45, 2.75) is 6.04 Å². The van der Waals surface area contributed by atoms with Gasteiger partial charge in [0.1, 0.15) is 17.3 Å². The minimum absolute atomic E-state index is 0.0463. The molecule has 162 valence electrons. The summed E-state index contributed by atoms with van der Waals surface area (Å²) < 4.78 is 24.8. The molecule has 2 aromatic carbocycles. The average molecular weight is 423 g/mol. The highest BCUT2D eigenvalue weighted by Gasteiger charge is 2.27. The van der Waals surface area contributed by atoms with Crippen molar-refractivity contribution in [3.05, 3.63) is 84.1 Å². The Kier molecular flexibility index (Phi) is 6.52. The maximum Gasteiger partial charge on any atom is 0.254 e. The van der Waals surface area contributed by atoms with E-state index in [0.29, 0.717) is 6.54 Å². The summed E-state index contributed by atoms with van der Waals surface area (Å²) >= 11 is 0. The molecule has 7 heteroatoms. The lowest BCUT2D eigenvalue weighted by Crippen LogP contribution is -2.49. The third-order valence-corrected chi connectivity index (χ3v) is 5.64. The number of amides is 1. The van der Waals surface area contributed by atoms with Crippen molar-refractivity contribution in [3.63, 3.8) is 0 Å². The number of piperazine rings is 1. The molecular formula is C24H26FN3O3. The predicted octanol–water partition coefficient (Wildman–Crippen LogP) is 3.72. The van der Waals surface area contributed by atoms with Crippen LogP contribution in [-0.4, -0.2) is 50.6 Å². The number of methoxy groups -OCH3 is 1. The van der Waals surface area contributed by atoms with Crippen LogP contribution in [0.3, 0.4) is 0 Å². The van der Waals surface area contributed by atoms with Gasteiger partial charge in [-0.25, -0.2) is 4.39 Å². The van der Waals surface area contributed by atoms with Crippen molar-refractivity contribution < 1.29 is 18.3 Å². The second-order valence-corrected chi connectivity index (χ2v) is 7.44. The number of ether oxygens (including phenoxy) is 1. The van der Waals surface area contributed by atoms with Gasteiger partial charge < -0.3 is 19.4 Å². The van der Waals surface area contributed by atoms with Gasteiger partial charge in [0.05, 0.1) is 25.0 Å². The molecule has 1 aromatic heterocycles. The van der Waals surface area contributed by atoms with E-state index >= 15 is 0 Å². The summed E-state index contributed by atoms with van der Waals surface area (Å²) in [7, 11) is 1.66. The minimum atomic E-state index is -0.525. The van der Waals surface area contributed by atoms with Gasteiger partial charge in [-0.15, -0.1) is 0 Å². The van der Waals surface area contributed by atoms with Crippen LogP contribution in [0.5, 0.6) is 5.75 Å². The van der Waals surface area contributed by atoms with Crippen LogP contribution in [0.2, 0.25) is 0 Å². The van der Waals surface area contributed by atoms with Gasteiger partial charge in [-0.3, -0.25) is 9.69 Å². The number of nitrogens with zero attached hydrogens (tertiary/aromatic N) is 2. The second kappa shape index (κ2) is 9.66. The second-order valence-electron chi connectivity index (χ2n) is 7.44. The highest BCUT2D eigenvalue weighted by molar-refractivity contribution is 5.94. The number of rotatable bonds is 7. The number of halogens is 1. The quantitative estimate of drug-likeness (QED) is 0.628. The van der Waals surface area contributed by atoms with E-state index in [9.17, 15) is 9.18 Å². The van der Waals surface area contributed by atoms with Crippen molar-refractivity contribution in [2.24, 2.45) is 0 Å². The Morgan fingerprint density at radius 3 is 2.45 bits per heavy atom. The minimum Gasteiger partial charge on any atom is -0.497 e. The Morgan fingerprint density at radius 2 is 1.81 bits per heavy atom. The van der Waals surface area contributed by atoms with E-state index in [1.165, 1.54) is 12.1 Å². The summed E-state index contributed by atoms with van der Waals surface area (Å²) in [6, 6.07) is 17.7. The first kappa shape index (κ1) is 20.9. The summed E-state index contributed by atoms with van der Waals surface area (Å²) in [5.74, 6) is 0.673.